The predicted molar refractivity (Wildman–Crippen MR) is 118 cm³/mol. The van der Waals surface area contributed by atoms with Crippen LogP contribution in [0.2, 0.25) is 36.3 Å². The van der Waals surface area contributed by atoms with Gasteiger partial charge in [-0.25, -0.2) is 0 Å². The van der Waals surface area contributed by atoms with Gasteiger partial charge >= 0.3 is 0 Å². The van der Waals surface area contributed by atoms with Gasteiger partial charge in [0, 0.05) is 0 Å². The van der Waals surface area contributed by atoms with Crippen molar-refractivity contribution in [2.75, 3.05) is 6.61 Å². The van der Waals surface area contributed by atoms with E-state index in [1.165, 1.54) is 5.57 Å². The molecular formula is C21H42O3Si2. The standard InChI is InChI=1S/C21H42O3Si2/c1-16-18(23-25(8,9)20(2,3)4)14-17(12-13-22)15-19(16)24-26(10,11)21(5,6)7/h12,18-19,22H,1,13-15H2,2-11H3. The lowest BCUT2D eigenvalue weighted by Gasteiger charge is -2.46. The summed E-state index contributed by atoms with van der Waals surface area (Å²) >= 11 is 0. The number of rotatable bonds is 5. The van der Waals surface area contributed by atoms with Gasteiger partial charge in [-0.3, -0.25) is 0 Å². The van der Waals surface area contributed by atoms with Crippen molar-refractivity contribution in [1.29, 1.82) is 0 Å². The monoisotopic (exact) mass is 398 g/mol. The van der Waals surface area contributed by atoms with E-state index in [0.717, 1.165) is 18.4 Å². The lowest BCUT2D eigenvalue weighted by Crippen LogP contribution is -2.49. The van der Waals surface area contributed by atoms with Gasteiger partial charge in [-0.1, -0.05) is 59.8 Å². The Labute approximate surface area is 164 Å². The molecule has 1 fully saturated rings. The molecule has 1 saturated carbocycles. The molecule has 2 unspecified atom stereocenters. The van der Waals surface area contributed by atoms with Crippen LogP contribution >= 0.6 is 0 Å². The molecule has 0 aromatic carbocycles. The molecule has 0 radical (unpaired) electrons. The third-order valence-corrected chi connectivity index (χ3v) is 15.6. The molecule has 0 spiro atoms. The molecule has 3 nitrogen and oxygen atoms in total. The molecule has 0 heterocycles. The number of hydrogen-bond donors (Lipinski definition) is 1. The van der Waals surface area contributed by atoms with E-state index in [4.69, 9.17) is 8.85 Å². The summed E-state index contributed by atoms with van der Waals surface area (Å²) in [6.45, 7) is 27.2. The van der Waals surface area contributed by atoms with Gasteiger partial charge in [0.2, 0.25) is 0 Å². The highest BCUT2D eigenvalue weighted by molar-refractivity contribution is 6.74. The normalized spacial score (nSPS) is 23.3. The zero-order chi connectivity index (χ0) is 20.6. The second-order valence-corrected chi connectivity index (χ2v) is 20.3. The van der Waals surface area contributed by atoms with Gasteiger partial charge in [0.25, 0.3) is 0 Å². The van der Waals surface area contributed by atoms with Gasteiger partial charge in [-0.15, -0.1) is 0 Å². The SMILES string of the molecule is C=C1C(O[Si](C)(C)C(C)(C)C)CC(=CCO)CC1O[Si](C)(C)C(C)(C)C. The Morgan fingerprint density at radius 1 is 0.923 bits per heavy atom. The highest BCUT2D eigenvalue weighted by atomic mass is 28.4. The minimum Gasteiger partial charge on any atom is -0.410 e. The molecule has 1 rings (SSSR count). The summed E-state index contributed by atoms with van der Waals surface area (Å²) in [5.41, 5.74) is 2.31. The Hall–Kier alpha value is -0.206. The summed E-state index contributed by atoms with van der Waals surface area (Å²) in [5.74, 6) is 0. The predicted octanol–water partition coefficient (Wildman–Crippen LogP) is 6.04. The fraction of sp³-hybridized carbons (Fsp3) is 0.810. The van der Waals surface area contributed by atoms with Crippen molar-refractivity contribution >= 4 is 16.6 Å². The summed E-state index contributed by atoms with van der Waals surface area (Å²) in [7, 11) is -3.81. The van der Waals surface area contributed by atoms with E-state index >= 15 is 0 Å². The van der Waals surface area contributed by atoms with E-state index in [-0.39, 0.29) is 28.9 Å². The maximum absolute atomic E-state index is 9.42. The average molecular weight is 399 g/mol. The quantitative estimate of drug-likeness (QED) is 0.453. The molecule has 152 valence electrons. The molecule has 0 bridgehead atoms. The number of hydrogen-bond acceptors (Lipinski definition) is 3. The van der Waals surface area contributed by atoms with Crippen LogP contribution in [0.15, 0.2) is 23.8 Å². The van der Waals surface area contributed by atoms with E-state index in [1.807, 2.05) is 6.08 Å². The van der Waals surface area contributed by atoms with Crippen LogP contribution in [0.25, 0.3) is 0 Å². The molecule has 0 aliphatic heterocycles. The molecule has 0 aromatic rings. The summed E-state index contributed by atoms with van der Waals surface area (Å²) < 4.78 is 13.4. The first kappa shape index (κ1) is 23.8. The van der Waals surface area contributed by atoms with Crippen LogP contribution in [0.3, 0.4) is 0 Å². The summed E-state index contributed by atoms with van der Waals surface area (Å²) in [4.78, 5) is 0. The number of aliphatic hydroxyl groups excluding tert-OH is 1. The van der Waals surface area contributed by atoms with Crippen LogP contribution < -0.4 is 0 Å². The third-order valence-electron chi connectivity index (χ3n) is 6.59. The lowest BCUT2D eigenvalue weighted by molar-refractivity contribution is 0.131. The van der Waals surface area contributed by atoms with Gasteiger partial charge in [0.1, 0.15) is 0 Å². The van der Waals surface area contributed by atoms with Crippen LogP contribution in [0.5, 0.6) is 0 Å². The van der Waals surface area contributed by atoms with Gasteiger partial charge in [0.15, 0.2) is 16.6 Å². The largest absolute Gasteiger partial charge is 0.410 e. The topological polar surface area (TPSA) is 38.7 Å². The molecule has 0 aromatic heterocycles. The Bertz CT molecular complexity index is 494. The van der Waals surface area contributed by atoms with Crippen LogP contribution in [-0.2, 0) is 8.85 Å². The minimum absolute atomic E-state index is 0.0165. The highest BCUT2D eigenvalue weighted by Crippen LogP contribution is 2.44. The molecule has 0 amide bonds. The Morgan fingerprint density at radius 3 is 1.54 bits per heavy atom. The van der Waals surface area contributed by atoms with Crippen molar-refractivity contribution < 1.29 is 14.0 Å². The van der Waals surface area contributed by atoms with Crippen molar-refractivity contribution in [3.63, 3.8) is 0 Å². The average Bonchev–Trinajstić information content (AvgIpc) is 2.41. The zero-order valence-corrected chi connectivity index (χ0v) is 20.8. The minimum atomic E-state index is -1.91. The highest BCUT2D eigenvalue weighted by Gasteiger charge is 2.44. The fourth-order valence-electron chi connectivity index (χ4n) is 2.62. The Kier molecular flexibility index (Phi) is 7.37. The maximum Gasteiger partial charge on any atom is 0.192 e. The van der Waals surface area contributed by atoms with Gasteiger partial charge in [0.05, 0.1) is 18.8 Å². The van der Waals surface area contributed by atoms with Gasteiger partial charge < -0.3 is 14.0 Å². The van der Waals surface area contributed by atoms with Crippen LogP contribution in [0.4, 0.5) is 0 Å². The first-order valence-corrected chi connectivity index (χ1v) is 15.7. The first-order valence-electron chi connectivity index (χ1n) is 9.85. The summed E-state index contributed by atoms with van der Waals surface area (Å²) in [5, 5.41) is 9.73. The van der Waals surface area contributed by atoms with Crippen molar-refractivity contribution in [2.45, 2.75) is 103 Å². The Morgan fingerprint density at radius 2 is 1.27 bits per heavy atom. The molecule has 0 saturated heterocycles. The van der Waals surface area contributed by atoms with E-state index < -0.39 is 16.6 Å². The zero-order valence-electron chi connectivity index (χ0n) is 18.8. The van der Waals surface area contributed by atoms with Gasteiger partial charge in [-0.2, -0.15) is 0 Å². The molecule has 1 aliphatic rings. The molecule has 1 N–H and O–H groups in total. The molecular weight excluding hydrogens is 356 g/mol. The molecule has 1 aliphatic carbocycles. The smallest absolute Gasteiger partial charge is 0.192 e. The van der Waals surface area contributed by atoms with E-state index in [1.54, 1.807) is 0 Å². The molecule has 26 heavy (non-hydrogen) atoms. The maximum atomic E-state index is 9.42. The van der Waals surface area contributed by atoms with E-state index in [0.29, 0.717) is 0 Å². The number of aliphatic hydroxyl groups is 1. The fourth-order valence-corrected chi connectivity index (χ4v) is 5.22. The van der Waals surface area contributed by atoms with Gasteiger partial charge in [-0.05, 0) is 54.7 Å². The van der Waals surface area contributed by atoms with Crippen molar-refractivity contribution in [2.24, 2.45) is 0 Å². The molecule has 5 heteroatoms. The lowest BCUT2D eigenvalue weighted by atomic mass is 9.86. The second kappa shape index (κ2) is 8.04. The van der Waals surface area contributed by atoms with Crippen molar-refractivity contribution in [3.8, 4) is 0 Å². The third kappa shape index (κ3) is 5.65. The first-order chi connectivity index (χ1) is 11.5. The van der Waals surface area contributed by atoms with Crippen LogP contribution in [0.1, 0.15) is 54.4 Å². The Balaban J connectivity index is 3.10. The van der Waals surface area contributed by atoms with Crippen LogP contribution in [0, 0.1) is 0 Å². The van der Waals surface area contributed by atoms with E-state index in [9.17, 15) is 5.11 Å². The van der Waals surface area contributed by atoms with E-state index in [2.05, 4.69) is 74.3 Å². The van der Waals surface area contributed by atoms with Crippen LogP contribution in [-0.4, -0.2) is 40.6 Å². The second-order valence-electron chi connectivity index (χ2n) is 10.8. The van der Waals surface area contributed by atoms with Crippen molar-refractivity contribution in [3.05, 3.63) is 23.8 Å². The van der Waals surface area contributed by atoms with Crippen molar-refractivity contribution in [1.82, 2.24) is 0 Å². The molecule has 2 atom stereocenters. The summed E-state index contributed by atoms with van der Waals surface area (Å²) in [6.07, 6.45) is 3.54. The summed E-state index contributed by atoms with van der Waals surface area (Å²) in [6, 6.07) is 0.